The molecule has 2 heterocycles. The molecule has 0 bridgehead atoms. The number of carboxylic acids is 1. The van der Waals surface area contributed by atoms with E-state index in [4.69, 9.17) is 5.11 Å². The number of hydrogen-bond acceptors (Lipinski definition) is 4. The highest BCUT2D eigenvalue weighted by Gasteiger charge is 2.34. The Balaban J connectivity index is 1.88. The van der Waals surface area contributed by atoms with Crippen LogP contribution in [0.1, 0.15) is 29.7 Å². The number of amides is 1. The van der Waals surface area contributed by atoms with Gasteiger partial charge in [0.05, 0.1) is 18.7 Å². The van der Waals surface area contributed by atoms with Crippen LogP contribution >= 0.6 is 11.3 Å². The third-order valence-electron chi connectivity index (χ3n) is 3.60. The lowest BCUT2D eigenvalue weighted by Gasteiger charge is -2.31. The van der Waals surface area contributed by atoms with Crippen molar-refractivity contribution < 1.29 is 14.7 Å². The van der Waals surface area contributed by atoms with Gasteiger partial charge in [-0.05, 0) is 24.3 Å². The Labute approximate surface area is 114 Å². The van der Waals surface area contributed by atoms with Gasteiger partial charge in [0, 0.05) is 22.8 Å². The van der Waals surface area contributed by atoms with Crippen LogP contribution in [0.15, 0.2) is 16.5 Å². The molecule has 1 aliphatic heterocycles. The number of carbonyl (C=O) groups is 2. The first-order valence-corrected chi connectivity index (χ1v) is 7.20. The molecule has 1 aromatic heterocycles. The van der Waals surface area contributed by atoms with E-state index < -0.39 is 5.97 Å². The molecule has 3 rings (SSSR count). The topological polar surface area (TPSA) is 70.0 Å². The first-order valence-electron chi connectivity index (χ1n) is 6.32. The maximum atomic E-state index is 11.9. The van der Waals surface area contributed by atoms with E-state index in [0.717, 1.165) is 24.1 Å². The minimum atomic E-state index is -0.907. The number of nitrogens with zero attached hydrogens (tertiary/aromatic N) is 2. The van der Waals surface area contributed by atoms with Crippen LogP contribution in [-0.2, 0) is 16.0 Å². The summed E-state index contributed by atoms with van der Waals surface area (Å²) in [5.41, 5.74) is 2.11. The highest BCUT2D eigenvalue weighted by Crippen LogP contribution is 2.34. The number of carboxylic acid groups (broad SMARTS) is 1. The zero-order chi connectivity index (χ0) is 13.4. The van der Waals surface area contributed by atoms with Gasteiger partial charge in [-0.25, -0.2) is 5.01 Å². The molecule has 0 saturated carbocycles. The average molecular weight is 278 g/mol. The fraction of sp³-hybridized carbons (Fsp3) is 0.462. The summed E-state index contributed by atoms with van der Waals surface area (Å²) < 4.78 is 0. The molecule has 1 aliphatic carbocycles. The second kappa shape index (κ2) is 4.77. The molecule has 100 valence electrons. The molecule has 0 saturated heterocycles. The van der Waals surface area contributed by atoms with E-state index in [2.05, 4.69) is 11.2 Å². The van der Waals surface area contributed by atoms with Crippen LogP contribution in [0, 0.1) is 5.92 Å². The monoisotopic (exact) mass is 278 g/mol. The molecular formula is C13H14N2O3S. The number of carbonyl (C=O) groups excluding carboxylic acids is 1. The maximum Gasteiger partial charge on any atom is 0.305 e. The fourth-order valence-electron chi connectivity index (χ4n) is 2.64. The van der Waals surface area contributed by atoms with Gasteiger partial charge < -0.3 is 5.11 Å². The molecule has 1 atom stereocenters. The summed E-state index contributed by atoms with van der Waals surface area (Å²) in [5.74, 6) is -0.764. The van der Waals surface area contributed by atoms with E-state index in [1.165, 1.54) is 9.89 Å². The first-order chi connectivity index (χ1) is 9.15. The summed E-state index contributed by atoms with van der Waals surface area (Å²) in [6.07, 6.45) is 2.36. The van der Waals surface area contributed by atoms with Crippen molar-refractivity contribution in [3.8, 4) is 0 Å². The fourth-order valence-corrected chi connectivity index (χ4v) is 3.54. The molecule has 5 nitrogen and oxygen atoms in total. The molecule has 1 amide bonds. The van der Waals surface area contributed by atoms with Crippen molar-refractivity contribution in [1.82, 2.24) is 5.01 Å². The van der Waals surface area contributed by atoms with Crippen molar-refractivity contribution in [2.24, 2.45) is 11.0 Å². The van der Waals surface area contributed by atoms with Gasteiger partial charge in [-0.1, -0.05) is 0 Å². The highest BCUT2D eigenvalue weighted by atomic mass is 32.1. The summed E-state index contributed by atoms with van der Waals surface area (Å²) >= 11 is 1.72. The minimum Gasteiger partial charge on any atom is -0.481 e. The van der Waals surface area contributed by atoms with Crippen LogP contribution in [0.2, 0.25) is 0 Å². The predicted octanol–water partition coefficient (Wildman–Crippen LogP) is 1.72. The van der Waals surface area contributed by atoms with Gasteiger partial charge in [0.2, 0.25) is 5.91 Å². The standard InChI is InChI=1S/C13H14N2O3S/c16-11-7-8-1-2-10-9(4-6-19-10)13(8)14-15(11)5-3-12(17)18/h4,6,8H,1-3,5,7H2,(H,17,18). The molecule has 0 radical (unpaired) electrons. The Morgan fingerprint density at radius 3 is 3.21 bits per heavy atom. The van der Waals surface area contributed by atoms with Gasteiger partial charge >= 0.3 is 5.97 Å². The molecule has 2 aliphatic rings. The molecule has 6 heteroatoms. The van der Waals surface area contributed by atoms with E-state index in [-0.39, 0.29) is 24.8 Å². The van der Waals surface area contributed by atoms with Gasteiger partial charge in [0.1, 0.15) is 0 Å². The van der Waals surface area contributed by atoms with Crippen LogP contribution in [0.4, 0.5) is 0 Å². The quantitative estimate of drug-likeness (QED) is 0.915. The lowest BCUT2D eigenvalue weighted by molar-refractivity contribution is -0.139. The van der Waals surface area contributed by atoms with Crippen molar-refractivity contribution >= 4 is 28.9 Å². The maximum absolute atomic E-state index is 11.9. The zero-order valence-corrected chi connectivity index (χ0v) is 11.2. The van der Waals surface area contributed by atoms with Gasteiger partial charge in [-0.3, -0.25) is 9.59 Å². The Morgan fingerprint density at radius 1 is 1.58 bits per heavy atom. The lowest BCUT2D eigenvalue weighted by Crippen LogP contribution is -2.39. The van der Waals surface area contributed by atoms with Gasteiger partial charge in [0.25, 0.3) is 0 Å². The number of rotatable bonds is 3. The lowest BCUT2D eigenvalue weighted by atomic mass is 9.83. The van der Waals surface area contributed by atoms with E-state index in [1.54, 1.807) is 11.3 Å². The Bertz CT molecular complexity index is 564. The van der Waals surface area contributed by atoms with Crippen LogP contribution in [0.5, 0.6) is 0 Å². The number of aryl methyl sites for hydroxylation is 1. The van der Waals surface area contributed by atoms with Crippen molar-refractivity contribution in [3.05, 3.63) is 21.9 Å². The Morgan fingerprint density at radius 2 is 2.42 bits per heavy atom. The second-order valence-corrected chi connectivity index (χ2v) is 5.84. The van der Waals surface area contributed by atoms with Crippen molar-refractivity contribution in [2.45, 2.75) is 25.7 Å². The van der Waals surface area contributed by atoms with Crippen LogP contribution in [-0.4, -0.2) is 34.2 Å². The average Bonchev–Trinajstić information content (AvgIpc) is 2.84. The molecule has 1 unspecified atom stereocenters. The molecular weight excluding hydrogens is 264 g/mol. The number of hydrogen-bond donors (Lipinski definition) is 1. The smallest absolute Gasteiger partial charge is 0.305 e. The van der Waals surface area contributed by atoms with Gasteiger partial charge in [-0.2, -0.15) is 5.10 Å². The normalized spacial score (nSPS) is 21.7. The van der Waals surface area contributed by atoms with Crippen LogP contribution < -0.4 is 0 Å². The van der Waals surface area contributed by atoms with Crippen molar-refractivity contribution in [2.75, 3.05) is 6.54 Å². The summed E-state index contributed by atoms with van der Waals surface area (Å²) in [5, 5.41) is 16.5. The largest absolute Gasteiger partial charge is 0.481 e. The minimum absolute atomic E-state index is 0.0614. The van der Waals surface area contributed by atoms with E-state index >= 15 is 0 Å². The third-order valence-corrected chi connectivity index (χ3v) is 4.58. The van der Waals surface area contributed by atoms with E-state index in [9.17, 15) is 9.59 Å². The summed E-state index contributed by atoms with van der Waals surface area (Å²) in [7, 11) is 0. The van der Waals surface area contributed by atoms with Crippen LogP contribution in [0.25, 0.3) is 0 Å². The van der Waals surface area contributed by atoms with Crippen molar-refractivity contribution in [3.63, 3.8) is 0 Å². The molecule has 0 spiro atoms. The molecule has 0 fully saturated rings. The summed E-state index contributed by atoms with van der Waals surface area (Å²) in [6.45, 7) is 0.157. The molecule has 19 heavy (non-hydrogen) atoms. The Hall–Kier alpha value is -1.69. The summed E-state index contributed by atoms with van der Waals surface area (Å²) in [6, 6.07) is 2.05. The molecule has 1 aromatic rings. The number of aliphatic carboxylic acids is 1. The first kappa shape index (κ1) is 12.3. The molecule has 1 N–H and O–H groups in total. The SMILES string of the molecule is O=C(O)CCN1N=C2c3ccsc3CCC2CC1=O. The van der Waals surface area contributed by atoms with E-state index in [0.29, 0.717) is 6.42 Å². The number of fused-ring (bicyclic) bond motifs is 3. The predicted molar refractivity (Wildman–Crippen MR) is 71.2 cm³/mol. The zero-order valence-electron chi connectivity index (χ0n) is 10.3. The summed E-state index contributed by atoms with van der Waals surface area (Å²) in [4.78, 5) is 23.9. The number of hydrazone groups is 1. The van der Waals surface area contributed by atoms with Crippen molar-refractivity contribution in [1.29, 1.82) is 0 Å². The van der Waals surface area contributed by atoms with E-state index in [1.807, 2.05) is 5.38 Å². The van der Waals surface area contributed by atoms with Gasteiger partial charge in [-0.15, -0.1) is 11.3 Å². The third kappa shape index (κ3) is 2.28. The van der Waals surface area contributed by atoms with Gasteiger partial charge in [0.15, 0.2) is 0 Å². The molecule has 0 aromatic carbocycles. The Kier molecular flexibility index (Phi) is 3.10. The second-order valence-electron chi connectivity index (χ2n) is 4.84. The van der Waals surface area contributed by atoms with Crippen LogP contribution in [0.3, 0.4) is 0 Å². The highest BCUT2D eigenvalue weighted by molar-refractivity contribution is 7.10. The number of thiophene rings is 1.